The number of halogens is 1. The normalized spacial score (nSPS) is 11.0. The molecule has 7 heteroatoms. The van der Waals surface area contributed by atoms with Crippen LogP contribution in [0.25, 0.3) is 22.2 Å². The van der Waals surface area contributed by atoms with Crippen molar-refractivity contribution in [3.63, 3.8) is 0 Å². The van der Waals surface area contributed by atoms with Gasteiger partial charge in [-0.15, -0.1) is 0 Å². The average molecular weight is 311 g/mol. The fourth-order valence-corrected chi connectivity index (χ4v) is 2.47. The number of aromatic nitrogens is 5. The van der Waals surface area contributed by atoms with Gasteiger partial charge in [0.05, 0.1) is 11.6 Å². The van der Waals surface area contributed by atoms with Crippen LogP contribution in [0.4, 0.5) is 11.5 Å². The van der Waals surface area contributed by atoms with E-state index < -0.39 is 0 Å². The standard InChI is InChI=1S/C15H11ClN6/c16-15-21-13-12(5-6-17-13)14(22-15)20-11-3-1-9(2-4-11)10-7-18-19-8-10/h1-8H,(H,18,19)(H2,17,20,21,22). The van der Waals surface area contributed by atoms with Gasteiger partial charge in [-0.25, -0.2) is 0 Å². The summed E-state index contributed by atoms with van der Waals surface area (Å²) in [6.45, 7) is 0. The first kappa shape index (κ1) is 12.8. The summed E-state index contributed by atoms with van der Waals surface area (Å²) in [6, 6.07) is 9.91. The average Bonchev–Trinajstić information content (AvgIpc) is 3.18. The second-order valence-corrected chi connectivity index (χ2v) is 5.11. The van der Waals surface area contributed by atoms with Gasteiger partial charge in [0, 0.05) is 23.6 Å². The number of fused-ring (bicyclic) bond motifs is 1. The Bertz CT molecular complexity index is 911. The largest absolute Gasteiger partial charge is 0.346 e. The lowest BCUT2D eigenvalue weighted by Gasteiger charge is -2.07. The number of rotatable bonds is 3. The third-order valence-corrected chi connectivity index (χ3v) is 3.54. The molecule has 0 saturated carbocycles. The van der Waals surface area contributed by atoms with Gasteiger partial charge in [-0.2, -0.15) is 15.1 Å². The maximum absolute atomic E-state index is 5.95. The molecule has 0 saturated heterocycles. The number of hydrogen-bond donors (Lipinski definition) is 3. The summed E-state index contributed by atoms with van der Waals surface area (Å²) in [4.78, 5) is 11.4. The van der Waals surface area contributed by atoms with Gasteiger partial charge in [0.25, 0.3) is 0 Å². The van der Waals surface area contributed by atoms with Crippen LogP contribution in [-0.2, 0) is 0 Å². The Morgan fingerprint density at radius 1 is 1.00 bits per heavy atom. The van der Waals surface area contributed by atoms with Crippen LogP contribution in [0, 0.1) is 0 Å². The number of aromatic amines is 2. The molecule has 0 radical (unpaired) electrons. The molecule has 4 rings (SSSR count). The zero-order chi connectivity index (χ0) is 14.9. The third kappa shape index (κ3) is 2.29. The van der Waals surface area contributed by atoms with Crippen molar-refractivity contribution in [2.45, 2.75) is 0 Å². The van der Waals surface area contributed by atoms with Crippen molar-refractivity contribution in [1.29, 1.82) is 0 Å². The van der Waals surface area contributed by atoms with Crippen LogP contribution in [0.2, 0.25) is 5.28 Å². The molecule has 3 aromatic heterocycles. The van der Waals surface area contributed by atoms with E-state index in [2.05, 4.69) is 30.5 Å². The first-order valence-electron chi connectivity index (χ1n) is 6.66. The number of anilines is 2. The highest BCUT2D eigenvalue weighted by Crippen LogP contribution is 2.26. The second-order valence-electron chi connectivity index (χ2n) is 4.77. The van der Waals surface area contributed by atoms with Crippen LogP contribution in [0.15, 0.2) is 48.9 Å². The maximum atomic E-state index is 5.95. The quantitative estimate of drug-likeness (QED) is 0.503. The number of hydrogen-bond acceptors (Lipinski definition) is 4. The highest BCUT2D eigenvalue weighted by Gasteiger charge is 2.08. The molecule has 0 aliphatic carbocycles. The van der Waals surface area contributed by atoms with Gasteiger partial charge in [0.1, 0.15) is 11.5 Å². The van der Waals surface area contributed by atoms with Crippen molar-refractivity contribution < 1.29 is 0 Å². The summed E-state index contributed by atoms with van der Waals surface area (Å²) in [5.41, 5.74) is 3.76. The van der Waals surface area contributed by atoms with Crippen molar-refractivity contribution in [1.82, 2.24) is 25.1 Å². The second kappa shape index (κ2) is 5.16. The molecule has 0 atom stereocenters. The molecule has 0 amide bonds. The van der Waals surface area contributed by atoms with E-state index in [1.807, 2.05) is 42.7 Å². The van der Waals surface area contributed by atoms with E-state index in [9.17, 15) is 0 Å². The van der Waals surface area contributed by atoms with Gasteiger partial charge in [-0.05, 0) is 35.4 Å². The van der Waals surface area contributed by atoms with Crippen molar-refractivity contribution in [2.24, 2.45) is 0 Å². The van der Waals surface area contributed by atoms with Gasteiger partial charge < -0.3 is 10.3 Å². The molecule has 0 aliphatic heterocycles. The Morgan fingerprint density at radius 2 is 1.86 bits per heavy atom. The van der Waals surface area contributed by atoms with E-state index in [0.717, 1.165) is 22.2 Å². The molecular formula is C15H11ClN6. The molecule has 3 heterocycles. The van der Waals surface area contributed by atoms with Gasteiger partial charge in [0.15, 0.2) is 0 Å². The molecule has 0 spiro atoms. The number of nitrogens with one attached hydrogen (secondary N) is 3. The van der Waals surface area contributed by atoms with Gasteiger partial charge >= 0.3 is 0 Å². The van der Waals surface area contributed by atoms with Gasteiger partial charge in [0.2, 0.25) is 5.28 Å². The summed E-state index contributed by atoms with van der Waals surface area (Å²) < 4.78 is 0. The zero-order valence-corrected chi connectivity index (χ0v) is 12.1. The molecule has 6 nitrogen and oxygen atoms in total. The molecule has 22 heavy (non-hydrogen) atoms. The van der Waals surface area contributed by atoms with E-state index in [0.29, 0.717) is 11.5 Å². The summed E-state index contributed by atoms with van der Waals surface area (Å²) in [5.74, 6) is 0.673. The number of nitrogens with zero attached hydrogens (tertiary/aromatic N) is 3. The van der Waals surface area contributed by atoms with Gasteiger partial charge in [-0.1, -0.05) is 12.1 Å². The lowest BCUT2D eigenvalue weighted by atomic mass is 10.1. The molecule has 108 valence electrons. The van der Waals surface area contributed by atoms with Crippen LogP contribution >= 0.6 is 11.6 Å². The Labute approximate surface area is 130 Å². The minimum atomic E-state index is 0.201. The summed E-state index contributed by atoms with van der Waals surface area (Å²) in [5, 5.41) is 11.1. The highest BCUT2D eigenvalue weighted by molar-refractivity contribution is 6.28. The topological polar surface area (TPSA) is 82.3 Å². The minimum Gasteiger partial charge on any atom is -0.346 e. The minimum absolute atomic E-state index is 0.201. The van der Waals surface area contributed by atoms with Crippen molar-refractivity contribution in [2.75, 3.05) is 5.32 Å². The fourth-order valence-electron chi connectivity index (χ4n) is 2.30. The number of H-pyrrole nitrogens is 2. The van der Waals surface area contributed by atoms with Crippen LogP contribution in [0.3, 0.4) is 0 Å². The van der Waals surface area contributed by atoms with Gasteiger partial charge in [-0.3, -0.25) is 5.10 Å². The molecular weight excluding hydrogens is 300 g/mol. The summed E-state index contributed by atoms with van der Waals surface area (Å²) >= 11 is 5.95. The summed E-state index contributed by atoms with van der Waals surface area (Å²) in [6.07, 6.45) is 5.45. The lowest BCUT2D eigenvalue weighted by molar-refractivity contribution is 1.09. The predicted octanol–water partition coefficient (Wildman–Crippen LogP) is 3.75. The molecule has 0 bridgehead atoms. The zero-order valence-electron chi connectivity index (χ0n) is 11.3. The molecule has 0 aliphatic rings. The van der Waals surface area contributed by atoms with E-state index in [-0.39, 0.29) is 5.28 Å². The highest BCUT2D eigenvalue weighted by atomic mass is 35.5. The van der Waals surface area contributed by atoms with Crippen molar-refractivity contribution in [3.05, 3.63) is 54.2 Å². The first-order valence-corrected chi connectivity index (χ1v) is 7.04. The summed E-state index contributed by atoms with van der Waals surface area (Å²) in [7, 11) is 0. The fraction of sp³-hybridized carbons (Fsp3) is 0. The smallest absolute Gasteiger partial charge is 0.226 e. The molecule has 3 N–H and O–H groups in total. The van der Waals surface area contributed by atoms with Crippen LogP contribution in [0.5, 0.6) is 0 Å². The number of benzene rings is 1. The monoisotopic (exact) mass is 310 g/mol. The molecule has 4 aromatic rings. The van der Waals surface area contributed by atoms with E-state index in [1.54, 1.807) is 6.20 Å². The SMILES string of the molecule is Clc1nc(Nc2ccc(-c3cn[nH]c3)cc2)c2cc[nH]c2n1. The Balaban J connectivity index is 1.66. The maximum Gasteiger partial charge on any atom is 0.226 e. The Hall–Kier alpha value is -2.86. The molecule has 1 aromatic carbocycles. The van der Waals surface area contributed by atoms with Crippen LogP contribution in [-0.4, -0.2) is 25.1 Å². The molecule has 0 unspecified atom stereocenters. The molecule has 0 fully saturated rings. The first-order chi connectivity index (χ1) is 10.8. The van der Waals surface area contributed by atoms with Crippen molar-refractivity contribution in [3.8, 4) is 11.1 Å². The van der Waals surface area contributed by atoms with E-state index in [1.165, 1.54) is 0 Å². The van der Waals surface area contributed by atoms with E-state index in [4.69, 9.17) is 11.6 Å². The van der Waals surface area contributed by atoms with Crippen LogP contribution < -0.4 is 5.32 Å². The van der Waals surface area contributed by atoms with E-state index >= 15 is 0 Å². The van der Waals surface area contributed by atoms with Crippen molar-refractivity contribution >= 4 is 34.1 Å². The van der Waals surface area contributed by atoms with Crippen LogP contribution in [0.1, 0.15) is 0 Å². The Morgan fingerprint density at radius 3 is 2.64 bits per heavy atom. The predicted molar refractivity (Wildman–Crippen MR) is 86.2 cm³/mol. The Kier molecular flexibility index (Phi) is 3.01. The lowest BCUT2D eigenvalue weighted by Crippen LogP contribution is -1.96. The third-order valence-electron chi connectivity index (χ3n) is 3.37.